The largest absolute Gasteiger partial charge is 0.756 e. The molecule has 4 atom stereocenters. The Morgan fingerprint density at radius 1 is 0.607 bits per heavy atom. The number of nitrogens with zero attached hydrogens (tertiary/aromatic N) is 1. The third-order valence-electron chi connectivity index (χ3n) is 11.1. The van der Waals surface area contributed by atoms with E-state index in [1.54, 1.807) is 0 Å². The number of likely N-dealkylation sites (N-methyl/N-ethyl adjacent to an activating group) is 1. The van der Waals surface area contributed by atoms with Crippen LogP contribution >= 0.6 is 7.82 Å². The fraction of sp³-hybridized carbons (Fsp3) is 0.840. The lowest BCUT2D eigenvalue weighted by molar-refractivity contribution is -0.870. The maximum Gasteiger partial charge on any atom is 0.306 e. The summed E-state index contributed by atoms with van der Waals surface area (Å²) in [6.45, 7) is 4.15. The number of rotatable bonds is 44. The Morgan fingerprint density at radius 2 is 1.10 bits per heavy atom. The molecule has 10 nitrogen and oxygen atoms in total. The van der Waals surface area contributed by atoms with Crippen molar-refractivity contribution in [2.75, 3.05) is 47.5 Å². The van der Waals surface area contributed by atoms with Gasteiger partial charge in [-0.25, -0.2) is 0 Å². The summed E-state index contributed by atoms with van der Waals surface area (Å²) in [7, 11) is 1.14. The number of esters is 2. The smallest absolute Gasteiger partial charge is 0.306 e. The Balaban J connectivity index is 2.25. The fourth-order valence-corrected chi connectivity index (χ4v) is 7.82. The molecule has 0 aromatic heterocycles. The first-order valence-electron chi connectivity index (χ1n) is 24.8. The van der Waals surface area contributed by atoms with E-state index in [4.69, 9.17) is 23.3 Å². The fourth-order valence-electron chi connectivity index (χ4n) is 7.10. The lowest BCUT2D eigenvalue weighted by Gasteiger charge is -2.28. The molecule has 11 heteroatoms. The molecule has 0 amide bonds. The number of hydrogen-bond donors (Lipinski definition) is 0. The molecule has 3 unspecified atom stereocenters. The average Bonchev–Trinajstić information content (AvgIpc) is 3.97. The monoisotopic (exact) mass is 882 g/mol. The van der Waals surface area contributed by atoms with E-state index in [1.807, 2.05) is 21.1 Å². The quantitative estimate of drug-likeness (QED) is 0.0147. The standard InChI is InChI=1S/C50H92NO9P/c1-6-8-10-11-12-13-14-15-16-17-18-19-20-21-22-27-30-33-37-41-50(53)59-46(45-58-61(54,55)57-43-42-51(3,4)5)44-56-49(52)40-36-32-29-26-24-23-25-28-31-35-39-48-47(60-48)38-34-9-7-2/h23,25-26,29,31,35,46-48H,6-22,24,27-28,30,32-34,36-45H2,1-5H3/b25-23-,29-26-,35-31-/t46-,47?,48?/m1/s1. The predicted molar refractivity (Wildman–Crippen MR) is 249 cm³/mol. The van der Waals surface area contributed by atoms with Crippen LogP contribution in [0.3, 0.4) is 0 Å². The van der Waals surface area contributed by atoms with E-state index in [2.05, 4.69) is 50.3 Å². The lowest BCUT2D eigenvalue weighted by Crippen LogP contribution is -2.37. The second-order valence-electron chi connectivity index (χ2n) is 18.2. The zero-order valence-electron chi connectivity index (χ0n) is 39.8. The van der Waals surface area contributed by atoms with E-state index < -0.39 is 32.5 Å². The molecule has 0 aromatic carbocycles. The van der Waals surface area contributed by atoms with E-state index in [1.165, 1.54) is 122 Å². The number of allylic oxidation sites excluding steroid dienone is 5. The summed E-state index contributed by atoms with van der Waals surface area (Å²) in [5.74, 6) is -0.897. The summed E-state index contributed by atoms with van der Waals surface area (Å²) in [6, 6.07) is 0. The van der Waals surface area contributed by atoms with E-state index in [0.717, 1.165) is 44.9 Å². The Hall–Kier alpha value is -1.81. The van der Waals surface area contributed by atoms with E-state index in [0.29, 0.717) is 36.1 Å². The van der Waals surface area contributed by atoms with Crippen LogP contribution in [0.2, 0.25) is 0 Å². The number of carbonyl (C=O) groups excluding carboxylic acids is 2. The number of unbranched alkanes of at least 4 members (excludes halogenated alkanes) is 21. The Bertz CT molecular complexity index is 1200. The number of carbonyl (C=O) groups is 2. The first-order chi connectivity index (χ1) is 29.5. The third kappa shape index (κ3) is 39.5. The van der Waals surface area contributed by atoms with Crippen LogP contribution in [-0.2, 0) is 37.4 Å². The molecule has 0 aliphatic carbocycles. The van der Waals surface area contributed by atoms with Crippen molar-refractivity contribution >= 4 is 19.8 Å². The molecule has 0 spiro atoms. The molecular formula is C50H92NO9P. The maximum atomic E-state index is 12.7. The van der Waals surface area contributed by atoms with Gasteiger partial charge < -0.3 is 32.6 Å². The molecule has 0 saturated carbocycles. The van der Waals surface area contributed by atoms with Crippen molar-refractivity contribution < 1.29 is 46.8 Å². The summed E-state index contributed by atoms with van der Waals surface area (Å²) in [4.78, 5) is 37.7. The van der Waals surface area contributed by atoms with Crippen molar-refractivity contribution in [1.82, 2.24) is 0 Å². The second kappa shape index (κ2) is 38.6. The molecular weight excluding hydrogens is 790 g/mol. The van der Waals surface area contributed by atoms with Gasteiger partial charge in [-0.3, -0.25) is 14.2 Å². The van der Waals surface area contributed by atoms with Gasteiger partial charge in [0.25, 0.3) is 7.82 Å². The number of phosphoric acid groups is 1. The minimum absolute atomic E-state index is 0.0403. The maximum absolute atomic E-state index is 12.7. The molecule has 356 valence electrons. The van der Waals surface area contributed by atoms with Gasteiger partial charge in [0.05, 0.1) is 40.0 Å². The van der Waals surface area contributed by atoms with Crippen LogP contribution in [0.4, 0.5) is 0 Å². The summed E-state index contributed by atoms with van der Waals surface area (Å²) < 4.78 is 39.7. The van der Waals surface area contributed by atoms with Crippen LogP contribution in [0.25, 0.3) is 0 Å². The van der Waals surface area contributed by atoms with Crippen molar-refractivity contribution in [2.24, 2.45) is 0 Å². The molecule has 1 rings (SSSR count). The first-order valence-corrected chi connectivity index (χ1v) is 26.3. The highest BCUT2D eigenvalue weighted by atomic mass is 31.2. The van der Waals surface area contributed by atoms with Crippen molar-refractivity contribution in [3.8, 4) is 0 Å². The average molecular weight is 882 g/mol. The summed E-state index contributed by atoms with van der Waals surface area (Å²) in [6.07, 6.45) is 46.4. The van der Waals surface area contributed by atoms with E-state index >= 15 is 0 Å². The molecule has 0 N–H and O–H groups in total. The van der Waals surface area contributed by atoms with Crippen molar-refractivity contribution in [1.29, 1.82) is 0 Å². The third-order valence-corrected chi connectivity index (χ3v) is 12.1. The Kier molecular flexibility index (Phi) is 36.2. The lowest BCUT2D eigenvalue weighted by atomic mass is 10.0. The highest BCUT2D eigenvalue weighted by Crippen LogP contribution is 2.38. The normalized spacial score (nSPS) is 17.1. The van der Waals surface area contributed by atoms with Gasteiger partial charge in [0.2, 0.25) is 0 Å². The van der Waals surface area contributed by atoms with Gasteiger partial charge in [0.1, 0.15) is 19.8 Å². The number of phosphoric ester groups is 1. The van der Waals surface area contributed by atoms with Crippen LogP contribution in [0.15, 0.2) is 36.5 Å². The molecule has 1 aliphatic rings. The number of hydrogen-bond acceptors (Lipinski definition) is 9. The minimum atomic E-state index is -4.64. The molecule has 1 aliphatic heterocycles. The molecule has 61 heavy (non-hydrogen) atoms. The van der Waals surface area contributed by atoms with Crippen molar-refractivity contribution in [3.05, 3.63) is 36.5 Å². The van der Waals surface area contributed by atoms with Gasteiger partial charge in [0, 0.05) is 12.8 Å². The molecule has 0 bridgehead atoms. The number of epoxide rings is 1. The molecule has 1 fully saturated rings. The molecule has 0 radical (unpaired) electrons. The predicted octanol–water partition coefficient (Wildman–Crippen LogP) is 12.8. The van der Waals surface area contributed by atoms with Crippen molar-refractivity contribution in [2.45, 2.75) is 225 Å². The highest BCUT2D eigenvalue weighted by molar-refractivity contribution is 7.45. The van der Waals surface area contributed by atoms with Crippen LogP contribution in [0, 0.1) is 0 Å². The van der Waals surface area contributed by atoms with Gasteiger partial charge in [-0.2, -0.15) is 0 Å². The zero-order valence-corrected chi connectivity index (χ0v) is 40.7. The van der Waals surface area contributed by atoms with Crippen LogP contribution in [-0.4, -0.2) is 82.2 Å². The van der Waals surface area contributed by atoms with Crippen LogP contribution in [0.1, 0.15) is 206 Å². The Labute approximate surface area is 374 Å². The van der Waals surface area contributed by atoms with E-state index in [-0.39, 0.29) is 26.1 Å². The van der Waals surface area contributed by atoms with Crippen molar-refractivity contribution in [3.63, 3.8) is 0 Å². The highest BCUT2D eigenvalue weighted by Gasteiger charge is 2.36. The van der Waals surface area contributed by atoms with Gasteiger partial charge in [-0.1, -0.05) is 185 Å². The summed E-state index contributed by atoms with van der Waals surface area (Å²) in [5, 5.41) is 0. The zero-order chi connectivity index (χ0) is 44.7. The van der Waals surface area contributed by atoms with E-state index in [9.17, 15) is 19.0 Å². The minimum Gasteiger partial charge on any atom is -0.756 e. The number of ether oxygens (including phenoxy) is 3. The van der Waals surface area contributed by atoms with Gasteiger partial charge in [0.15, 0.2) is 6.10 Å². The summed E-state index contributed by atoms with van der Waals surface area (Å²) >= 11 is 0. The van der Waals surface area contributed by atoms with Gasteiger partial charge in [-0.05, 0) is 44.9 Å². The number of quaternary nitrogens is 1. The summed E-state index contributed by atoms with van der Waals surface area (Å²) in [5.41, 5.74) is 0. The van der Waals surface area contributed by atoms with Crippen LogP contribution in [0.5, 0.6) is 0 Å². The van der Waals surface area contributed by atoms with Crippen LogP contribution < -0.4 is 4.89 Å². The first kappa shape index (κ1) is 57.2. The van der Waals surface area contributed by atoms with Gasteiger partial charge in [-0.15, -0.1) is 0 Å². The molecule has 0 aromatic rings. The Morgan fingerprint density at radius 3 is 1.66 bits per heavy atom. The topological polar surface area (TPSA) is 124 Å². The second-order valence-corrected chi connectivity index (χ2v) is 19.6. The molecule has 1 saturated heterocycles. The molecule has 1 heterocycles. The SMILES string of the molecule is CCCCCCCCCCCCCCCCCCCCCC(=O)O[C@H](COC(=O)CCC/C=C\C/C=C\C/C=C\CC1OC1CCCCC)COP(=O)([O-])OCC[N+](C)(C)C. The van der Waals surface area contributed by atoms with Gasteiger partial charge >= 0.3 is 11.9 Å².